The fourth-order valence-corrected chi connectivity index (χ4v) is 4.44. The number of carbonyl (C=O) groups is 1. The number of carbonyl (C=O) groups excluding carboxylic acids is 1. The lowest BCUT2D eigenvalue weighted by Crippen LogP contribution is -2.37. The van der Waals surface area contributed by atoms with E-state index in [9.17, 15) is 9.59 Å². The highest BCUT2D eigenvalue weighted by Gasteiger charge is 2.25. The van der Waals surface area contributed by atoms with Crippen LogP contribution in [0, 0.1) is 6.92 Å². The first-order valence-corrected chi connectivity index (χ1v) is 12.6. The molecule has 3 aromatic carbocycles. The number of unbranched alkanes of at least 4 members (excludes halogenated alkanes) is 2. The molecule has 1 aromatic heterocycles. The van der Waals surface area contributed by atoms with E-state index in [-0.39, 0.29) is 11.5 Å². The number of para-hydroxylation sites is 1. The van der Waals surface area contributed by atoms with Crippen molar-refractivity contribution in [1.82, 2.24) is 14.5 Å². The van der Waals surface area contributed by atoms with Crippen LogP contribution < -0.4 is 5.56 Å². The van der Waals surface area contributed by atoms with Crippen LogP contribution in [0.1, 0.15) is 56.1 Å². The zero-order valence-electron chi connectivity index (χ0n) is 21.2. The van der Waals surface area contributed by atoms with Crippen LogP contribution in [0.15, 0.2) is 89.7 Å². The third-order valence-corrected chi connectivity index (χ3v) is 6.41. The second kappa shape index (κ2) is 11.6. The van der Waals surface area contributed by atoms with Crippen molar-refractivity contribution in [3.8, 4) is 5.69 Å². The summed E-state index contributed by atoms with van der Waals surface area (Å²) in [6.45, 7) is 6.69. The van der Waals surface area contributed by atoms with Gasteiger partial charge in [0.15, 0.2) is 0 Å². The van der Waals surface area contributed by atoms with Gasteiger partial charge >= 0.3 is 0 Å². The number of amides is 1. The number of aryl methyl sites for hydroxylation is 1. The van der Waals surface area contributed by atoms with Gasteiger partial charge in [-0.05, 0) is 61.7 Å². The molecule has 0 aliphatic heterocycles. The van der Waals surface area contributed by atoms with E-state index in [1.807, 2.05) is 97.6 Å². The summed E-state index contributed by atoms with van der Waals surface area (Å²) >= 11 is 0. The van der Waals surface area contributed by atoms with Crippen LogP contribution in [0.2, 0.25) is 0 Å². The quantitative estimate of drug-likeness (QED) is 0.204. The molecule has 0 aliphatic carbocycles. The van der Waals surface area contributed by atoms with Crippen molar-refractivity contribution >= 4 is 22.9 Å². The van der Waals surface area contributed by atoms with Crippen LogP contribution in [-0.4, -0.2) is 26.9 Å². The number of hydrogen-bond acceptors (Lipinski definition) is 3. The van der Waals surface area contributed by atoms with Crippen LogP contribution in [0.25, 0.3) is 22.7 Å². The van der Waals surface area contributed by atoms with E-state index in [2.05, 4.69) is 6.92 Å². The monoisotopic (exact) mass is 479 g/mol. The highest BCUT2D eigenvalue weighted by Crippen LogP contribution is 2.24. The Morgan fingerprint density at radius 1 is 1.00 bits per heavy atom. The standard InChI is InChI=1S/C31H33N3O2/c1-4-5-11-21-33(29(35)20-19-25-14-7-6-8-15-25)24(3)30-32-28-18-10-9-17-27(28)31(36)34(30)26-16-12-13-23(2)22-26/h6-10,12-20,22,24H,4-5,11,21H2,1-3H3/b20-19+. The Morgan fingerprint density at radius 3 is 2.50 bits per heavy atom. The third-order valence-electron chi connectivity index (χ3n) is 6.41. The van der Waals surface area contributed by atoms with Gasteiger partial charge in [0.1, 0.15) is 5.82 Å². The average molecular weight is 480 g/mol. The van der Waals surface area contributed by atoms with Crippen molar-refractivity contribution in [3.63, 3.8) is 0 Å². The predicted octanol–water partition coefficient (Wildman–Crippen LogP) is 6.49. The summed E-state index contributed by atoms with van der Waals surface area (Å²) in [5.74, 6) is 0.461. The van der Waals surface area contributed by atoms with Crippen molar-refractivity contribution in [1.29, 1.82) is 0 Å². The molecule has 0 spiro atoms. The summed E-state index contributed by atoms with van der Waals surface area (Å²) in [7, 11) is 0. The second-order valence-electron chi connectivity index (χ2n) is 9.13. The van der Waals surface area contributed by atoms with E-state index >= 15 is 0 Å². The normalized spacial score (nSPS) is 12.2. The molecule has 5 nitrogen and oxygen atoms in total. The smallest absolute Gasteiger partial charge is 0.266 e. The number of benzene rings is 3. The highest BCUT2D eigenvalue weighted by molar-refractivity contribution is 5.92. The average Bonchev–Trinajstić information content (AvgIpc) is 2.90. The minimum Gasteiger partial charge on any atom is -0.329 e. The molecule has 1 atom stereocenters. The van der Waals surface area contributed by atoms with Crippen molar-refractivity contribution in [2.75, 3.05) is 6.54 Å². The maximum Gasteiger partial charge on any atom is 0.266 e. The summed E-state index contributed by atoms with van der Waals surface area (Å²) in [6, 6.07) is 24.6. The van der Waals surface area contributed by atoms with Gasteiger partial charge in [0.05, 0.1) is 22.6 Å². The van der Waals surface area contributed by atoms with Gasteiger partial charge in [0.2, 0.25) is 5.91 Å². The fraction of sp³-hybridized carbons (Fsp3) is 0.258. The summed E-state index contributed by atoms with van der Waals surface area (Å²) < 4.78 is 1.67. The molecule has 0 saturated heterocycles. The van der Waals surface area contributed by atoms with Gasteiger partial charge in [-0.2, -0.15) is 0 Å². The molecule has 4 rings (SSSR count). The molecular formula is C31H33N3O2. The topological polar surface area (TPSA) is 55.2 Å². The van der Waals surface area contributed by atoms with Crippen LogP contribution in [0.5, 0.6) is 0 Å². The third kappa shape index (κ3) is 5.62. The lowest BCUT2D eigenvalue weighted by Gasteiger charge is -2.30. The van der Waals surface area contributed by atoms with E-state index in [4.69, 9.17) is 4.98 Å². The van der Waals surface area contributed by atoms with E-state index in [0.717, 1.165) is 36.1 Å². The molecule has 1 unspecified atom stereocenters. The van der Waals surface area contributed by atoms with Gasteiger partial charge in [-0.15, -0.1) is 0 Å². The number of rotatable bonds is 9. The van der Waals surface area contributed by atoms with Gasteiger partial charge in [-0.1, -0.05) is 74.4 Å². The van der Waals surface area contributed by atoms with E-state index in [0.29, 0.717) is 23.3 Å². The number of aromatic nitrogens is 2. The molecule has 1 heterocycles. The van der Waals surface area contributed by atoms with Crippen LogP contribution in [0.3, 0.4) is 0 Å². The second-order valence-corrected chi connectivity index (χ2v) is 9.13. The van der Waals surface area contributed by atoms with Gasteiger partial charge in [0, 0.05) is 12.6 Å². The summed E-state index contributed by atoms with van der Waals surface area (Å²) in [5, 5.41) is 0.558. The highest BCUT2D eigenvalue weighted by atomic mass is 16.2. The minimum absolute atomic E-state index is 0.0966. The number of nitrogens with zero attached hydrogens (tertiary/aromatic N) is 3. The first kappa shape index (κ1) is 25.1. The molecule has 184 valence electrons. The molecule has 0 aliphatic rings. The molecule has 5 heteroatoms. The molecule has 36 heavy (non-hydrogen) atoms. The van der Waals surface area contributed by atoms with E-state index in [1.165, 1.54) is 0 Å². The molecule has 0 bridgehead atoms. The first-order valence-electron chi connectivity index (χ1n) is 12.6. The summed E-state index contributed by atoms with van der Waals surface area (Å²) in [5.41, 5.74) is 3.27. The molecule has 0 saturated carbocycles. The lowest BCUT2D eigenvalue weighted by molar-refractivity contribution is -0.128. The molecule has 0 radical (unpaired) electrons. The van der Waals surface area contributed by atoms with Gasteiger partial charge in [-0.25, -0.2) is 4.98 Å². The van der Waals surface area contributed by atoms with Crippen LogP contribution in [-0.2, 0) is 4.79 Å². The summed E-state index contributed by atoms with van der Waals surface area (Å²) in [6.07, 6.45) is 6.42. The largest absolute Gasteiger partial charge is 0.329 e. The Hall–Kier alpha value is -3.99. The Kier molecular flexibility index (Phi) is 8.11. The Bertz CT molecular complexity index is 1420. The molecular weight excluding hydrogens is 446 g/mol. The van der Waals surface area contributed by atoms with E-state index < -0.39 is 6.04 Å². The minimum atomic E-state index is -0.410. The Balaban J connectivity index is 1.81. The molecule has 0 fully saturated rings. The predicted molar refractivity (Wildman–Crippen MR) is 147 cm³/mol. The Labute approximate surface area is 212 Å². The lowest BCUT2D eigenvalue weighted by atomic mass is 10.1. The number of hydrogen-bond donors (Lipinski definition) is 0. The van der Waals surface area contributed by atoms with Gasteiger partial charge in [-0.3, -0.25) is 14.2 Å². The van der Waals surface area contributed by atoms with Crippen molar-refractivity contribution in [2.45, 2.75) is 46.1 Å². The molecule has 4 aromatic rings. The zero-order valence-corrected chi connectivity index (χ0v) is 21.2. The maximum atomic E-state index is 13.7. The maximum absolute atomic E-state index is 13.7. The van der Waals surface area contributed by atoms with Gasteiger partial charge < -0.3 is 4.90 Å². The van der Waals surface area contributed by atoms with Gasteiger partial charge in [0.25, 0.3) is 5.56 Å². The van der Waals surface area contributed by atoms with Crippen molar-refractivity contribution < 1.29 is 4.79 Å². The molecule has 1 amide bonds. The first-order chi connectivity index (χ1) is 17.5. The number of fused-ring (bicyclic) bond motifs is 1. The van der Waals surface area contributed by atoms with Crippen LogP contribution in [0.4, 0.5) is 0 Å². The SMILES string of the molecule is CCCCCN(C(=O)/C=C/c1ccccc1)C(C)c1nc2ccccc2c(=O)n1-c1cccc(C)c1. The van der Waals surface area contributed by atoms with Crippen molar-refractivity contribution in [2.24, 2.45) is 0 Å². The summed E-state index contributed by atoms with van der Waals surface area (Å²) in [4.78, 5) is 34.0. The van der Waals surface area contributed by atoms with Crippen LogP contribution >= 0.6 is 0 Å². The molecule has 0 N–H and O–H groups in total. The van der Waals surface area contributed by atoms with Crippen molar-refractivity contribution in [3.05, 3.63) is 112 Å². The Morgan fingerprint density at radius 2 is 1.75 bits per heavy atom. The zero-order chi connectivity index (χ0) is 25.5. The van der Waals surface area contributed by atoms with E-state index in [1.54, 1.807) is 16.7 Å². The fourth-order valence-electron chi connectivity index (χ4n) is 4.44.